The summed E-state index contributed by atoms with van der Waals surface area (Å²) in [6, 6.07) is 5.68. The Balaban J connectivity index is 1.59. The second-order valence-corrected chi connectivity index (χ2v) is 8.72. The number of ether oxygens (including phenoxy) is 1. The van der Waals surface area contributed by atoms with E-state index in [9.17, 15) is 4.79 Å². The van der Waals surface area contributed by atoms with Crippen LogP contribution in [-0.4, -0.2) is 34.0 Å². The lowest BCUT2D eigenvalue weighted by atomic mass is 10.0. The Kier molecular flexibility index (Phi) is 6.06. The van der Waals surface area contributed by atoms with Crippen LogP contribution in [0.1, 0.15) is 37.7 Å². The number of carbonyl (C=O) groups is 1. The molecule has 1 heterocycles. The summed E-state index contributed by atoms with van der Waals surface area (Å²) < 4.78 is 5.90. The molecule has 0 spiro atoms. The number of thioether (sulfide) groups is 1. The number of hydrogen-bond donors (Lipinski definition) is 0. The van der Waals surface area contributed by atoms with E-state index in [0.29, 0.717) is 17.2 Å². The van der Waals surface area contributed by atoms with Crippen molar-refractivity contribution in [3.8, 4) is 5.75 Å². The molecule has 6 heteroatoms. The van der Waals surface area contributed by atoms with Gasteiger partial charge in [0.15, 0.2) is 0 Å². The summed E-state index contributed by atoms with van der Waals surface area (Å²) in [6.07, 6.45) is 6.99. The molecule has 1 aromatic rings. The summed E-state index contributed by atoms with van der Waals surface area (Å²) in [5, 5.41) is 0.441. The number of thiocarbonyl (C=S) groups is 1. The van der Waals surface area contributed by atoms with Crippen molar-refractivity contribution in [1.82, 2.24) is 4.90 Å². The zero-order chi connectivity index (χ0) is 17.1. The Morgan fingerprint density at radius 3 is 2.79 bits per heavy atom. The van der Waals surface area contributed by atoms with Gasteiger partial charge in [-0.25, -0.2) is 0 Å². The average Bonchev–Trinajstić information content (AvgIpc) is 3.15. The molecule has 3 rings (SSSR count). The van der Waals surface area contributed by atoms with Gasteiger partial charge in [0.05, 0.1) is 17.4 Å². The summed E-state index contributed by atoms with van der Waals surface area (Å²) in [5.41, 5.74) is 1.03. The normalized spacial score (nSPS) is 21.8. The van der Waals surface area contributed by atoms with E-state index < -0.39 is 0 Å². The van der Waals surface area contributed by atoms with Crippen LogP contribution in [0.4, 0.5) is 0 Å². The lowest BCUT2D eigenvalue weighted by Gasteiger charge is -2.18. The zero-order valence-corrected chi connectivity index (χ0v) is 16.2. The van der Waals surface area contributed by atoms with Gasteiger partial charge in [-0.05, 0) is 36.5 Å². The van der Waals surface area contributed by atoms with Crippen molar-refractivity contribution >= 4 is 45.8 Å². The van der Waals surface area contributed by atoms with Crippen molar-refractivity contribution < 1.29 is 9.53 Å². The Hall–Kier alpha value is -0.780. The minimum atomic E-state index is -0.134. The Bertz CT molecular complexity index is 631. The molecule has 0 radical (unpaired) electrons. The molecule has 1 saturated heterocycles. The fourth-order valence-corrected chi connectivity index (χ4v) is 5.36. The largest absolute Gasteiger partial charge is 0.495 e. The van der Waals surface area contributed by atoms with Gasteiger partial charge in [0.2, 0.25) is 5.91 Å². The monoisotopic (exact) mass is 383 g/mol. The lowest BCUT2D eigenvalue weighted by Crippen LogP contribution is -2.33. The molecule has 1 saturated carbocycles. The molecule has 0 aromatic heterocycles. The van der Waals surface area contributed by atoms with Crippen LogP contribution >= 0.6 is 35.6 Å². The minimum Gasteiger partial charge on any atom is -0.495 e. The van der Waals surface area contributed by atoms with E-state index in [-0.39, 0.29) is 11.2 Å². The van der Waals surface area contributed by atoms with Crippen LogP contribution in [-0.2, 0) is 11.2 Å². The molecule has 1 atom stereocenters. The number of hydrogen-bond acceptors (Lipinski definition) is 4. The first-order valence-corrected chi connectivity index (χ1v) is 10.1. The van der Waals surface area contributed by atoms with Crippen LogP contribution in [0.3, 0.4) is 0 Å². The SMILES string of the molecule is COc1ccc(C[C@@H]2SC(=S)N(CCC3CCCC3)C2=O)cc1Cl. The molecule has 1 aliphatic carbocycles. The predicted molar refractivity (Wildman–Crippen MR) is 104 cm³/mol. The molecule has 1 aromatic carbocycles. The molecule has 1 amide bonds. The number of halogens is 1. The molecule has 0 N–H and O–H groups in total. The van der Waals surface area contributed by atoms with Gasteiger partial charge in [0.1, 0.15) is 10.1 Å². The third-order valence-electron chi connectivity index (χ3n) is 4.88. The highest BCUT2D eigenvalue weighted by Crippen LogP contribution is 2.34. The van der Waals surface area contributed by atoms with Gasteiger partial charge in [-0.3, -0.25) is 9.69 Å². The highest BCUT2D eigenvalue weighted by atomic mass is 35.5. The molecular weight excluding hydrogens is 362 g/mol. The molecule has 2 aliphatic rings. The fraction of sp³-hybridized carbons (Fsp3) is 0.556. The van der Waals surface area contributed by atoms with Crippen molar-refractivity contribution in [2.45, 2.75) is 43.8 Å². The maximum atomic E-state index is 12.7. The molecular formula is C18H22ClNO2S2. The van der Waals surface area contributed by atoms with E-state index in [1.165, 1.54) is 37.4 Å². The molecule has 24 heavy (non-hydrogen) atoms. The van der Waals surface area contributed by atoms with Crippen molar-refractivity contribution in [2.24, 2.45) is 5.92 Å². The Morgan fingerprint density at radius 2 is 2.12 bits per heavy atom. The maximum Gasteiger partial charge on any atom is 0.241 e. The first-order chi connectivity index (χ1) is 11.6. The molecule has 3 nitrogen and oxygen atoms in total. The number of nitrogens with zero attached hydrogens (tertiary/aromatic N) is 1. The number of carbonyl (C=O) groups excluding carboxylic acids is 1. The van der Waals surface area contributed by atoms with Gasteiger partial charge in [0.25, 0.3) is 0 Å². The zero-order valence-electron chi connectivity index (χ0n) is 13.8. The van der Waals surface area contributed by atoms with E-state index >= 15 is 0 Å². The third kappa shape index (κ3) is 4.06. The highest BCUT2D eigenvalue weighted by Gasteiger charge is 2.37. The summed E-state index contributed by atoms with van der Waals surface area (Å²) >= 11 is 13.1. The Labute approximate surface area is 158 Å². The van der Waals surface area contributed by atoms with E-state index in [2.05, 4.69) is 0 Å². The molecule has 2 fully saturated rings. The topological polar surface area (TPSA) is 29.5 Å². The first kappa shape index (κ1) is 18.0. The Morgan fingerprint density at radius 1 is 1.38 bits per heavy atom. The van der Waals surface area contributed by atoms with Crippen molar-refractivity contribution in [2.75, 3.05) is 13.7 Å². The second-order valence-electron chi connectivity index (χ2n) is 6.47. The van der Waals surface area contributed by atoms with Gasteiger partial charge in [-0.15, -0.1) is 0 Å². The fourth-order valence-electron chi connectivity index (χ4n) is 3.49. The summed E-state index contributed by atoms with van der Waals surface area (Å²) in [4.78, 5) is 14.5. The summed E-state index contributed by atoms with van der Waals surface area (Å²) in [5.74, 6) is 1.57. The van der Waals surface area contributed by atoms with Crippen LogP contribution in [0, 0.1) is 5.92 Å². The maximum absolute atomic E-state index is 12.7. The lowest BCUT2D eigenvalue weighted by molar-refractivity contribution is -0.126. The smallest absolute Gasteiger partial charge is 0.241 e. The number of methoxy groups -OCH3 is 1. The summed E-state index contributed by atoms with van der Waals surface area (Å²) in [6.45, 7) is 0.773. The standard InChI is InChI=1S/C18H22ClNO2S2/c1-22-15-7-6-13(10-14(15)19)11-16-17(21)20(18(23)24-16)9-8-12-4-2-3-5-12/h6-7,10,12,16H,2-5,8-9,11H2,1H3/t16-/m0/s1. The van der Waals surface area contributed by atoms with E-state index in [0.717, 1.165) is 28.8 Å². The van der Waals surface area contributed by atoms with Crippen LogP contribution < -0.4 is 4.74 Å². The molecule has 1 aliphatic heterocycles. The van der Waals surface area contributed by atoms with E-state index in [4.69, 9.17) is 28.6 Å². The molecule has 0 unspecified atom stereocenters. The molecule has 130 valence electrons. The van der Waals surface area contributed by atoms with Crippen molar-refractivity contribution in [3.05, 3.63) is 28.8 Å². The first-order valence-electron chi connectivity index (χ1n) is 8.43. The van der Waals surface area contributed by atoms with Gasteiger partial charge in [-0.2, -0.15) is 0 Å². The minimum absolute atomic E-state index is 0.134. The van der Waals surface area contributed by atoms with Crippen molar-refractivity contribution in [3.63, 3.8) is 0 Å². The van der Waals surface area contributed by atoms with Crippen LogP contribution in [0.2, 0.25) is 5.02 Å². The number of amides is 1. The van der Waals surface area contributed by atoms with E-state index in [1.54, 1.807) is 7.11 Å². The van der Waals surface area contributed by atoms with Crippen LogP contribution in [0.25, 0.3) is 0 Å². The summed E-state index contributed by atoms with van der Waals surface area (Å²) in [7, 11) is 1.60. The quantitative estimate of drug-likeness (QED) is 0.666. The van der Waals surface area contributed by atoms with E-state index in [1.807, 2.05) is 23.1 Å². The van der Waals surface area contributed by atoms with Gasteiger partial charge in [0, 0.05) is 6.54 Å². The van der Waals surface area contributed by atoms with Gasteiger partial charge in [-0.1, -0.05) is 67.3 Å². The van der Waals surface area contributed by atoms with Crippen LogP contribution in [0.5, 0.6) is 5.75 Å². The number of rotatable bonds is 6. The molecule has 0 bridgehead atoms. The van der Waals surface area contributed by atoms with Crippen molar-refractivity contribution in [1.29, 1.82) is 0 Å². The second kappa shape index (κ2) is 8.07. The number of benzene rings is 1. The average molecular weight is 384 g/mol. The highest BCUT2D eigenvalue weighted by molar-refractivity contribution is 8.24. The van der Waals surface area contributed by atoms with Gasteiger partial charge < -0.3 is 4.74 Å². The van der Waals surface area contributed by atoms with Gasteiger partial charge >= 0.3 is 0 Å². The predicted octanol–water partition coefficient (Wildman–Crippen LogP) is 4.70. The van der Waals surface area contributed by atoms with Crippen LogP contribution in [0.15, 0.2) is 18.2 Å². The third-order valence-corrected chi connectivity index (χ3v) is 6.76.